The maximum Gasteiger partial charge on any atom is 0.309 e. The molecule has 1 saturated carbocycles. The van der Waals surface area contributed by atoms with Gasteiger partial charge in [-0.05, 0) is 19.9 Å². The fourth-order valence-electron chi connectivity index (χ4n) is 2.75. The lowest BCUT2D eigenvalue weighted by molar-refractivity contribution is -0.145. The Labute approximate surface area is 122 Å². The van der Waals surface area contributed by atoms with Crippen molar-refractivity contribution in [3.05, 3.63) is 0 Å². The van der Waals surface area contributed by atoms with Gasteiger partial charge in [0.05, 0.1) is 19.6 Å². The normalized spacial score (nSPS) is 18.4. The number of hydrogen-bond acceptors (Lipinski definition) is 4. The maximum atomic E-state index is 12.0. The van der Waals surface area contributed by atoms with E-state index in [2.05, 4.69) is 10.1 Å². The summed E-state index contributed by atoms with van der Waals surface area (Å²) < 4.78 is 4.69. The molecule has 5 nitrogen and oxygen atoms in total. The standard InChI is InChI=1S/C15H28N2O3/c1-12(15(19)20-3)10-17(2)11-14(18)16-13-8-6-4-5-7-9-13/h12-13H,4-11H2,1-3H3,(H,16,18). The van der Waals surface area contributed by atoms with Gasteiger partial charge in [-0.25, -0.2) is 0 Å². The topological polar surface area (TPSA) is 58.6 Å². The molecule has 0 aromatic rings. The number of amides is 1. The summed E-state index contributed by atoms with van der Waals surface area (Å²) in [5, 5.41) is 3.11. The molecule has 0 aliphatic heterocycles. The first-order valence-corrected chi connectivity index (χ1v) is 7.58. The minimum atomic E-state index is -0.235. The van der Waals surface area contributed by atoms with Crippen LogP contribution in [0, 0.1) is 5.92 Å². The predicted molar refractivity (Wildman–Crippen MR) is 78.3 cm³/mol. The molecule has 20 heavy (non-hydrogen) atoms. The lowest BCUT2D eigenvalue weighted by atomic mass is 10.1. The van der Waals surface area contributed by atoms with Crippen molar-refractivity contribution in [2.75, 3.05) is 27.2 Å². The molecule has 116 valence electrons. The lowest BCUT2D eigenvalue weighted by Crippen LogP contribution is -2.42. The van der Waals surface area contributed by atoms with Crippen molar-refractivity contribution in [2.45, 2.75) is 51.5 Å². The fraction of sp³-hybridized carbons (Fsp3) is 0.867. The summed E-state index contributed by atoms with van der Waals surface area (Å²) in [5.41, 5.74) is 0. The van der Waals surface area contributed by atoms with Crippen LogP contribution >= 0.6 is 0 Å². The number of rotatable bonds is 6. The molecule has 1 atom stereocenters. The third-order valence-electron chi connectivity index (χ3n) is 3.82. The van der Waals surface area contributed by atoms with E-state index in [1.807, 2.05) is 18.9 Å². The summed E-state index contributed by atoms with van der Waals surface area (Å²) in [4.78, 5) is 25.2. The molecule has 0 heterocycles. The first-order valence-electron chi connectivity index (χ1n) is 7.58. The van der Waals surface area contributed by atoms with Gasteiger partial charge in [0.15, 0.2) is 0 Å². The number of nitrogens with zero attached hydrogens (tertiary/aromatic N) is 1. The largest absolute Gasteiger partial charge is 0.469 e. The fourth-order valence-corrected chi connectivity index (χ4v) is 2.75. The number of ether oxygens (including phenoxy) is 1. The van der Waals surface area contributed by atoms with Gasteiger partial charge in [-0.2, -0.15) is 0 Å². The Morgan fingerprint density at radius 2 is 1.85 bits per heavy atom. The summed E-state index contributed by atoms with van der Waals surface area (Å²) in [7, 11) is 3.24. The first-order chi connectivity index (χ1) is 9.52. The van der Waals surface area contributed by atoms with Gasteiger partial charge in [0, 0.05) is 12.6 Å². The molecule has 1 N–H and O–H groups in total. The van der Waals surface area contributed by atoms with Crippen molar-refractivity contribution in [1.29, 1.82) is 0 Å². The van der Waals surface area contributed by atoms with E-state index >= 15 is 0 Å². The second-order valence-electron chi connectivity index (χ2n) is 5.88. The number of methoxy groups -OCH3 is 1. The summed E-state index contributed by atoms with van der Waals surface area (Å²) >= 11 is 0. The second-order valence-corrected chi connectivity index (χ2v) is 5.88. The molecular weight excluding hydrogens is 256 g/mol. The predicted octanol–water partition coefficient (Wildman–Crippen LogP) is 1.57. The molecule has 1 amide bonds. The van der Waals surface area contributed by atoms with Gasteiger partial charge >= 0.3 is 5.97 Å². The van der Waals surface area contributed by atoms with Gasteiger partial charge < -0.3 is 10.1 Å². The van der Waals surface area contributed by atoms with Crippen molar-refractivity contribution in [3.8, 4) is 0 Å². The molecule has 1 aliphatic carbocycles. The van der Waals surface area contributed by atoms with Crippen molar-refractivity contribution in [1.82, 2.24) is 10.2 Å². The van der Waals surface area contributed by atoms with Gasteiger partial charge in [-0.1, -0.05) is 32.6 Å². The van der Waals surface area contributed by atoms with E-state index < -0.39 is 0 Å². The zero-order valence-electron chi connectivity index (χ0n) is 13.0. The molecular formula is C15H28N2O3. The summed E-state index contributed by atoms with van der Waals surface area (Å²) in [5.74, 6) is -0.395. The Morgan fingerprint density at radius 3 is 2.40 bits per heavy atom. The number of carbonyl (C=O) groups is 2. The number of carbonyl (C=O) groups excluding carboxylic acids is 2. The van der Waals surface area contributed by atoms with Gasteiger partial charge in [0.25, 0.3) is 0 Å². The van der Waals surface area contributed by atoms with Gasteiger partial charge in [0.1, 0.15) is 0 Å². The van der Waals surface area contributed by atoms with E-state index in [4.69, 9.17) is 0 Å². The minimum absolute atomic E-state index is 0.0523. The van der Waals surface area contributed by atoms with Crippen LogP contribution < -0.4 is 5.32 Å². The van der Waals surface area contributed by atoms with Gasteiger partial charge in [-0.15, -0.1) is 0 Å². The molecule has 1 aliphatic rings. The Hall–Kier alpha value is -1.10. The van der Waals surface area contributed by atoms with E-state index in [1.165, 1.54) is 32.8 Å². The minimum Gasteiger partial charge on any atom is -0.469 e. The Bertz CT molecular complexity index is 312. The summed E-state index contributed by atoms with van der Waals surface area (Å²) in [6.07, 6.45) is 7.16. The van der Waals surface area contributed by atoms with E-state index in [0.29, 0.717) is 19.1 Å². The molecule has 0 radical (unpaired) electrons. The monoisotopic (exact) mass is 284 g/mol. The van der Waals surface area contributed by atoms with Crippen LogP contribution in [0.15, 0.2) is 0 Å². The molecule has 1 fully saturated rings. The smallest absolute Gasteiger partial charge is 0.309 e. The maximum absolute atomic E-state index is 12.0. The Kier molecular flexibility index (Phi) is 7.59. The van der Waals surface area contributed by atoms with Crippen molar-refractivity contribution < 1.29 is 14.3 Å². The molecule has 0 bridgehead atoms. The van der Waals surface area contributed by atoms with Crippen LogP contribution in [-0.4, -0.2) is 50.1 Å². The van der Waals surface area contributed by atoms with Crippen LogP contribution in [0.25, 0.3) is 0 Å². The van der Waals surface area contributed by atoms with E-state index in [9.17, 15) is 9.59 Å². The Balaban J connectivity index is 2.28. The van der Waals surface area contributed by atoms with Crippen LogP contribution in [0.5, 0.6) is 0 Å². The first kappa shape index (κ1) is 17.0. The van der Waals surface area contributed by atoms with Gasteiger partial charge in [0.2, 0.25) is 5.91 Å². The average molecular weight is 284 g/mol. The zero-order chi connectivity index (χ0) is 15.0. The molecule has 1 unspecified atom stereocenters. The SMILES string of the molecule is COC(=O)C(C)CN(C)CC(=O)NC1CCCCCC1. The molecule has 0 spiro atoms. The number of nitrogens with one attached hydrogen (secondary N) is 1. The molecule has 0 aromatic carbocycles. The third-order valence-corrected chi connectivity index (χ3v) is 3.82. The van der Waals surface area contributed by atoms with Crippen LogP contribution in [0.4, 0.5) is 0 Å². The zero-order valence-corrected chi connectivity index (χ0v) is 13.0. The Morgan fingerprint density at radius 1 is 1.25 bits per heavy atom. The van der Waals surface area contributed by atoms with Gasteiger partial charge in [-0.3, -0.25) is 14.5 Å². The van der Waals surface area contributed by atoms with Crippen LogP contribution in [0.3, 0.4) is 0 Å². The highest BCUT2D eigenvalue weighted by molar-refractivity contribution is 5.78. The van der Waals surface area contributed by atoms with E-state index in [0.717, 1.165) is 12.8 Å². The quantitative estimate of drug-likeness (QED) is 0.594. The molecule has 1 rings (SSSR count). The van der Waals surface area contributed by atoms with Crippen molar-refractivity contribution in [3.63, 3.8) is 0 Å². The molecule has 0 aromatic heterocycles. The highest BCUT2D eigenvalue weighted by Crippen LogP contribution is 2.17. The molecule has 0 saturated heterocycles. The highest BCUT2D eigenvalue weighted by atomic mass is 16.5. The second kappa shape index (κ2) is 8.95. The van der Waals surface area contributed by atoms with Crippen molar-refractivity contribution >= 4 is 11.9 Å². The highest BCUT2D eigenvalue weighted by Gasteiger charge is 2.19. The summed E-state index contributed by atoms with van der Waals surface area (Å²) in [6, 6.07) is 0.330. The molecule has 5 heteroatoms. The van der Waals surface area contributed by atoms with E-state index in [1.54, 1.807) is 0 Å². The van der Waals surface area contributed by atoms with Crippen LogP contribution in [0.1, 0.15) is 45.4 Å². The third kappa shape index (κ3) is 6.37. The van der Waals surface area contributed by atoms with E-state index in [-0.39, 0.29) is 17.8 Å². The lowest BCUT2D eigenvalue weighted by Gasteiger charge is -2.22. The number of likely N-dealkylation sites (N-methyl/N-ethyl adjacent to an activating group) is 1. The average Bonchev–Trinajstić information content (AvgIpc) is 2.65. The van der Waals surface area contributed by atoms with Crippen LogP contribution in [0.2, 0.25) is 0 Å². The summed E-state index contributed by atoms with van der Waals surface area (Å²) in [6.45, 7) is 2.67. The van der Waals surface area contributed by atoms with Crippen LogP contribution in [-0.2, 0) is 14.3 Å². The number of esters is 1. The van der Waals surface area contributed by atoms with Crippen molar-refractivity contribution in [2.24, 2.45) is 5.92 Å². The number of hydrogen-bond donors (Lipinski definition) is 1.